The largest absolute Gasteiger partial charge is 0.447 e. The van der Waals surface area contributed by atoms with Gasteiger partial charge in [-0.1, -0.05) is 18.2 Å². The third kappa shape index (κ3) is 5.12. The van der Waals surface area contributed by atoms with Crippen LogP contribution < -0.4 is 10.0 Å². The molecule has 1 saturated heterocycles. The van der Waals surface area contributed by atoms with Crippen LogP contribution in [0.4, 0.5) is 15.3 Å². The van der Waals surface area contributed by atoms with E-state index < -0.39 is 29.0 Å². The number of hydrogen-bond acceptors (Lipinski definition) is 5. The summed E-state index contributed by atoms with van der Waals surface area (Å²) in [6.45, 7) is 6.01. The van der Waals surface area contributed by atoms with Crippen LogP contribution in [0, 0.1) is 0 Å². The maximum atomic E-state index is 12.2. The molecule has 24 heavy (non-hydrogen) atoms. The quantitative estimate of drug-likeness (QED) is 0.843. The van der Waals surface area contributed by atoms with E-state index in [-0.39, 0.29) is 19.7 Å². The smallest absolute Gasteiger partial charge is 0.423 e. The summed E-state index contributed by atoms with van der Waals surface area (Å²) in [5.41, 5.74) is 0.676. The summed E-state index contributed by atoms with van der Waals surface area (Å²) in [6, 6.07) is 7.05. The van der Waals surface area contributed by atoms with Gasteiger partial charge >= 0.3 is 12.2 Å². The number of nitrogens with one attached hydrogen (secondary N) is 2. The fourth-order valence-corrected chi connectivity index (χ4v) is 2.86. The van der Waals surface area contributed by atoms with Gasteiger partial charge in [-0.05, 0) is 32.4 Å². The van der Waals surface area contributed by atoms with Gasteiger partial charge in [0.1, 0.15) is 12.2 Å². The van der Waals surface area contributed by atoms with Crippen molar-refractivity contribution in [1.29, 1.82) is 0 Å². The van der Waals surface area contributed by atoms with Gasteiger partial charge in [-0.2, -0.15) is 0 Å². The van der Waals surface area contributed by atoms with Crippen molar-refractivity contribution < 1.29 is 23.3 Å². The Hall–Kier alpha value is -2.29. The molecular weight excluding hydrogens is 334 g/mol. The summed E-state index contributed by atoms with van der Waals surface area (Å²) in [7, 11) is 0. The zero-order chi connectivity index (χ0) is 17.7. The normalized spacial score (nSPS) is 15.6. The first kappa shape index (κ1) is 18.1. The number of cyclic esters (lactones) is 1. The Morgan fingerprint density at radius 3 is 2.71 bits per heavy atom. The van der Waals surface area contributed by atoms with E-state index in [4.69, 9.17) is 9.47 Å². The fourth-order valence-electron chi connectivity index (χ4n) is 1.93. The molecule has 2 amide bonds. The Morgan fingerprint density at radius 1 is 1.38 bits per heavy atom. The predicted molar refractivity (Wildman–Crippen MR) is 89.3 cm³/mol. The molecule has 0 spiro atoms. The lowest BCUT2D eigenvalue weighted by atomic mass is 10.2. The Kier molecular flexibility index (Phi) is 5.66. The topological polar surface area (TPSA) is 97.0 Å². The lowest BCUT2D eigenvalue weighted by molar-refractivity contribution is 0.0523. The first-order chi connectivity index (χ1) is 11.3. The SMILES string of the molecule is CC(C)(C)OC(=O)NCc1ccccc1NS(=O)N1CCOC1=O. The number of hydrogen-bond donors (Lipinski definition) is 2. The molecule has 132 valence electrons. The van der Waals surface area contributed by atoms with Gasteiger partial charge in [0.15, 0.2) is 0 Å². The lowest BCUT2D eigenvalue weighted by Gasteiger charge is -2.20. The average Bonchev–Trinajstić information content (AvgIpc) is 2.91. The van der Waals surface area contributed by atoms with Crippen LogP contribution in [-0.2, 0) is 27.2 Å². The minimum absolute atomic E-state index is 0.194. The molecule has 0 saturated carbocycles. The van der Waals surface area contributed by atoms with Gasteiger partial charge in [0.2, 0.25) is 11.2 Å². The number of benzene rings is 1. The van der Waals surface area contributed by atoms with Crippen LogP contribution in [0.1, 0.15) is 26.3 Å². The summed E-state index contributed by atoms with van der Waals surface area (Å²) in [4.78, 5) is 23.2. The molecule has 1 fully saturated rings. The number of carbonyl (C=O) groups is 2. The number of carbonyl (C=O) groups excluding carboxylic acids is 2. The van der Waals surface area contributed by atoms with Crippen LogP contribution in [0.3, 0.4) is 0 Å². The van der Waals surface area contributed by atoms with Crippen LogP contribution in [0.5, 0.6) is 0 Å². The fraction of sp³-hybridized carbons (Fsp3) is 0.467. The van der Waals surface area contributed by atoms with Crippen molar-refractivity contribution in [3.63, 3.8) is 0 Å². The van der Waals surface area contributed by atoms with Crippen LogP contribution >= 0.6 is 0 Å². The highest BCUT2D eigenvalue weighted by molar-refractivity contribution is 7.84. The van der Waals surface area contributed by atoms with E-state index in [1.165, 1.54) is 0 Å². The van der Waals surface area contributed by atoms with E-state index in [0.717, 1.165) is 4.31 Å². The minimum Gasteiger partial charge on any atom is -0.447 e. The highest BCUT2D eigenvalue weighted by Crippen LogP contribution is 2.18. The number of ether oxygens (including phenoxy) is 2. The summed E-state index contributed by atoms with van der Waals surface area (Å²) in [5.74, 6) is 0. The van der Waals surface area contributed by atoms with Crippen LogP contribution in [0.15, 0.2) is 24.3 Å². The number of alkyl carbamates (subject to hydrolysis) is 1. The zero-order valence-corrected chi connectivity index (χ0v) is 14.6. The van der Waals surface area contributed by atoms with Crippen LogP contribution in [-0.4, -0.2) is 39.5 Å². The van der Waals surface area contributed by atoms with Gasteiger partial charge in [0.25, 0.3) is 0 Å². The van der Waals surface area contributed by atoms with Gasteiger partial charge in [0, 0.05) is 6.54 Å². The van der Waals surface area contributed by atoms with Gasteiger partial charge in [-0.3, -0.25) is 4.72 Å². The van der Waals surface area contributed by atoms with E-state index in [1.807, 2.05) is 0 Å². The highest BCUT2D eigenvalue weighted by atomic mass is 32.2. The van der Waals surface area contributed by atoms with Crippen molar-refractivity contribution in [1.82, 2.24) is 9.62 Å². The van der Waals surface area contributed by atoms with Crippen molar-refractivity contribution in [3.8, 4) is 0 Å². The second-order valence-corrected chi connectivity index (χ2v) is 7.22. The van der Waals surface area contributed by atoms with E-state index in [0.29, 0.717) is 11.3 Å². The molecule has 1 aromatic rings. The Morgan fingerprint density at radius 2 is 2.08 bits per heavy atom. The van der Waals surface area contributed by atoms with Gasteiger partial charge in [-0.15, -0.1) is 0 Å². The summed E-state index contributed by atoms with van der Waals surface area (Å²) >= 11 is -1.75. The van der Waals surface area contributed by atoms with E-state index in [2.05, 4.69) is 10.0 Å². The maximum Gasteiger partial charge on any atom is 0.423 e. The van der Waals surface area contributed by atoms with Crippen molar-refractivity contribution in [3.05, 3.63) is 29.8 Å². The van der Waals surface area contributed by atoms with E-state index in [9.17, 15) is 13.8 Å². The summed E-state index contributed by atoms with van der Waals surface area (Å²) < 4.78 is 26.0. The first-order valence-electron chi connectivity index (χ1n) is 7.44. The second-order valence-electron chi connectivity index (χ2n) is 6.08. The molecule has 0 aromatic heterocycles. The highest BCUT2D eigenvalue weighted by Gasteiger charge is 2.28. The third-order valence-corrected chi connectivity index (χ3v) is 4.09. The second kappa shape index (κ2) is 7.52. The minimum atomic E-state index is -1.75. The molecule has 2 rings (SSSR count). The molecule has 9 heteroatoms. The van der Waals surface area contributed by atoms with Gasteiger partial charge in [0.05, 0.1) is 12.2 Å². The molecule has 2 N–H and O–H groups in total. The molecule has 0 bridgehead atoms. The first-order valence-corrected chi connectivity index (χ1v) is 8.54. The maximum absolute atomic E-state index is 12.2. The molecule has 8 nitrogen and oxygen atoms in total. The van der Waals surface area contributed by atoms with E-state index >= 15 is 0 Å². The van der Waals surface area contributed by atoms with Gasteiger partial charge < -0.3 is 14.8 Å². The standard InChI is InChI=1S/C15H21N3O5S/c1-15(2,3)23-13(19)16-10-11-6-4-5-7-12(11)17-24(21)18-8-9-22-14(18)20/h4-7,17H,8-10H2,1-3H3,(H,16,19). The molecule has 1 unspecified atom stereocenters. The van der Waals surface area contributed by atoms with Crippen LogP contribution in [0.2, 0.25) is 0 Å². The Bertz CT molecular complexity index is 644. The Balaban J connectivity index is 1.98. The average molecular weight is 355 g/mol. The lowest BCUT2D eigenvalue weighted by Crippen LogP contribution is -2.33. The molecule has 1 heterocycles. The molecule has 1 aliphatic heterocycles. The molecular formula is C15H21N3O5S. The number of para-hydroxylation sites is 1. The summed E-state index contributed by atoms with van der Waals surface area (Å²) in [5, 5.41) is 2.64. The Labute approximate surface area is 143 Å². The molecule has 0 radical (unpaired) electrons. The monoisotopic (exact) mass is 355 g/mol. The van der Waals surface area contributed by atoms with Crippen molar-refractivity contribution in [2.75, 3.05) is 17.9 Å². The number of anilines is 1. The van der Waals surface area contributed by atoms with E-state index in [1.54, 1.807) is 45.0 Å². The van der Waals surface area contributed by atoms with Crippen molar-refractivity contribution in [2.45, 2.75) is 32.9 Å². The van der Waals surface area contributed by atoms with Crippen molar-refractivity contribution in [2.24, 2.45) is 0 Å². The molecule has 1 aliphatic rings. The number of amides is 2. The molecule has 1 aromatic carbocycles. The zero-order valence-electron chi connectivity index (χ0n) is 13.8. The predicted octanol–water partition coefficient (Wildman–Crippen LogP) is 2.15. The molecule has 0 aliphatic carbocycles. The number of rotatable bonds is 5. The van der Waals surface area contributed by atoms with Crippen molar-refractivity contribution >= 4 is 29.0 Å². The number of nitrogens with zero attached hydrogens (tertiary/aromatic N) is 1. The van der Waals surface area contributed by atoms with Crippen LogP contribution in [0.25, 0.3) is 0 Å². The third-order valence-electron chi connectivity index (χ3n) is 2.96. The summed E-state index contributed by atoms with van der Waals surface area (Å²) in [6.07, 6.45) is -1.16. The van der Waals surface area contributed by atoms with Gasteiger partial charge in [-0.25, -0.2) is 18.1 Å². The molecule has 1 atom stereocenters.